The van der Waals surface area contributed by atoms with Crippen molar-refractivity contribution in [1.29, 1.82) is 0 Å². The summed E-state index contributed by atoms with van der Waals surface area (Å²) < 4.78 is 5.06. The summed E-state index contributed by atoms with van der Waals surface area (Å²) in [5, 5.41) is 16.8. The fourth-order valence-electron chi connectivity index (χ4n) is 2.00. The number of rotatable bonds is 12. The minimum absolute atomic E-state index is 0. The van der Waals surface area contributed by atoms with E-state index in [2.05, 4.69) is 27.6 Å². The molecular formula is C16H37IN4O2. The summed E-state index contributed by atoms with van der Waals surface area (Å²) in [4.78, 5) is 6.77. The van der Waals surface area contributed by atoms with E-state index < -0.39 is 5.60 Å². The highest BCUT2D eigenvalue weighted by molar-refractivity contribution is 14.0. The molecule has 3 N–H and O–H groups in total. The normalized spacial score (nSPS) is 12.2. The first-order valence-electron chi connectivity index (χ1n) is 8.43. The average Bonchev–Trinajstić information content (AvgIpc) is 2.52. The molecule has 0 aromatic rings. The van der Waals surface area contributed by atoms with Gasteiger partial charge in [-0.2, -0.15) is 0 Å². The van der Waals surface area contributed by atoms with Crippen LogP contribution in [-0.2, 0) is 4.74 Å². The molecule has 0 aliphatic rings. The minimum Gasteiger partial charge on any atom is -0.388 e. The van der Waals surface area contributed by atoms with Crippen molar-refractivity contribution in [3.63, 3.8) is 0 Å². The van der Waals surface area contributed by atoms with Gasteiger partial charge in [-0.1, -0.05) is 13.8 Å². The quantitative estimate of drug-likeness (QED) is 0.185. The maximum absolute atomic E-state index is 10.3. The number of halogens is 1. The molecule has 140 valence electrons. The Morgan fingerprint density at radius 1 is 1.17 bits per heavy atom. The van der Waals surface area contributed by atoms with Gasteiger partial charge in [-0.3, -0.25) is 4.99 Å². The predicted molar refractivity (Wildman–Crippen MR) is 109 cm³/mol. The van der Waals surface area contributed by atoms with E-state index in [1.54, 1.807) is 7.11 Å². The highest BCUT2D eigenvalue weighted by Gasteiger charge is 2.21. The average molecular weight is 444 g/mol. The third-order valence-corrected chi connectivity index (χ3v) is 3.87. The van der Waals surface area contributed by atoms with Crippen molar-refractivity contribution in [2.75, 3.05) is 53.5 Å². The zero-order chi connectivity index (χ0) is 16.8. The third kappa shape index (κ3) is 12.9. The number of methoxy groups -OCH3 is 1. The van der Waals surface area contributed by atoms with Crippen LogP contribution in [0.2, 0.25) is 0 Å². The van der Waals surface area contributed by atoms with E-state index in [0.29, 0.717) is 19.4 Å². The van der Waals surface area contributed by atoms with Crippen LogP contribution >= 0.6 is 24.0 Å². The number of ether oxygens (including phenoxy) is 1. The lowest BCUT2D eigenvalue weighted by atomic mass is 9.98. The number of aliphatic hydroxyl groups is 1. The fraction of sp³-hybridized carbons (Fsp3) is 0.938. The number of hydrogen-bond donors (Lipinski definition) is 3. The molecule has 0 rings (SSSR count). The first kappa shape index (κ1) is 25.1. The standard InChI is InChI=1S/C16H36N4O2.HI/c1-6-16(21,7-2)14-19-15(17-8-3)18-10-12-20(4)11-9-13-22-5;/h21H,6-14H2,1-5H3,(H2,17,18,19);1H. The molecule has 23 heavy (non-hydrogen) atoms. The van der Waals surface area contributed by atoms with Gasteiger partial charge in [0.25, 0.3) is 0 Å². The van der Waals surface area contributed by atoms with Gasteiger partial charge < -0.3 is 25.4 Å². The van der Waals surface area contributed by atoms with Crippen LogP contribution in [0.25, 0.3) is 0 Å². The Balaban J connectivity index is 0. The molecule has 0 amide bonds. The Labute approximate surface area is 159 Å². The molecule has 0 aliphatic carbocycles. The maximum atomic E-state index is 10.3. The van der Waals surface area contributed by atoms with Gasteiger partial charge in [0.15, 0.2) is 5.96 Å². The summed E-state index contributed by atoms with van der Waals surface area (Å²) in [6.07, 6.45) is 2.48. The number of likely N-dealkylation sites (N-methyl/N-ethyl adjacent to an activating group) is 1. The molecule has 0 bridgehead atoms. The topological polar surface area (TPSA) is 69.1 Å². The van der Waals surface area contributed by atoms with Crippen molar-refractivity contribution >= 4 is 29.9 Å². The number of nitrogens with one attached hydrogen (secondary N) is 2. The lowest BCUT2D eigenvalue weighted by molar-refractivity contribution is 0.0418. The molecule has 0 aromatic carbocycles. The molecule has 0 heterocycles. The molecule has 0 aromatic heterocycles. The second kappa shape index (κ2) is 15.4. The third-order valence-electron chi connectivity index (χ3n) is 3.87. The summed E-state index contributed by atoms with van der Waals surface area (Å²) in [6.45, 7) is 10.9. The van der Waals surface area contributed by atoms with E-state index in [9.17, 15) is 5.11 Å². The van der Waals surface area contributed by atoms with Crippen molar-refractivity contribution in [3.05, 3.63) is 0 Å². The van der Waals surface area contributed by atoms with Crippen LogP contribution < -0.4 is 10.6 Å². The van der Waals surface area contributed by atoms with Crippen LogP contribution in [-0.4, -0.2) is 75.1 Å². The first-order chi connectivity index (χ1) is 10.5. The van der Waals surface area contributed by atoms with Gasteiger partial charge in [0.05, 0.1) is 12.1 Å². The van der Waals surface area contributed by atoms with Crippen molar-refractivity contribution in [1.82, 2.24) is 15.5 Å². The molecule has 6 nitrogen and oxygen atoms in total. The van der Waals surface area contributed by atoms with E-state index in [4.69, 9.17) is 4.74 Å². The van der Waals surface area contributed by atoms with Crippen LogP contribution in [0, 0.1) is 0 Å². The van der Waals surface area contributed by atoms with Crippen LogP contribution in [0.3, 0.4) is 0 Å². The van der Waals surface area contributed by atoms with Gasteiger partial charge in [-0.15, -0.1) is 24.0 Å². The maximum Gasteiger partial charge on any atom is 0.191 e. The van der Waals surface area contributed by atoms with Crippen molar-refractivity contribution in [2.24, 2.45) is 4.99 Å². The zero-order valence-corrected chi connectivity index (χ0v) is 17.9. The van der Waals surface area contributed by atoms with Crippen LogP contribution in [0.15, 0.2) is 4.99 Å². The molecule has 7 heteroatoms. The molecule has 0 aliphatic heterocycles. The highest BCUT2D eigenvalue weighted by Crippen LogP contribution is 2.14. The zero-order valence-electron chi connectivity index (χ0n) is 15.5. The molecule has 0 unspecified atom stereocenters. The van der Waals surface area contributed by atoms with Crippen LogP contribution in [0.5, 0.6) is 0 Å². The number of guanidine groups is 1. The number of aliphatic imine (C=N–C) groups is 1. The Morgan fingerprint density at radius 2 is 1.83 bits per heavy atom. The molecule has 0 saturated carbocycles. The van der Waals surface area contributed by atoms with Crippen molar-refractivity contribution in [3.8, 4) is 0 Å². The highest BCUT2D eigenvalue weighted by atomic mass is 127. The second-order valence-electron chi connectivity index (χ2n) is 5.70. The monoisotopic (exact) mass is 444 g/mol. The van der Waals surface area contributed by atoms with E-state index in [0.717, 1.165) is 45.2 Å². The Morgan fingerprint density at radius 3 is 2.35 bits per heavy atom. The number of hydrogen-bond acceptors (Lipinski definition) is 4. The van der Waals surface area contributed by atoms with Crippen LogP contribution in [0.4, 0.5) is 0 Å². The summed E-state index contributed by atoms with van der Waals surface area (Å²) in [5.41, 5.74) is -0.695. The number of nitrogens with zero attached hydrogens (tertiary/aromatic N) is 2. The second-order valence-corrected chi connectivity index (χ2v) is 5.70. The predicted octanol–water partition coefficient (Wildman–Crippen LogP) is 1.68. The van der Waals surface area contributed by atoms with E-state index in [1.165, 1.54) is 0 Å². The SMILES string of the molecule is CCNC(=NCC(O)(CC)CC)NCCN(C)CCCOC.I. The van der Waals surface area contributed by atoms with Gasteiger partial charge in [0, 0.05) is 39.9 Å². The Bertz CT molecular complexity index is 300. The van der Waals surface area contributed by atoms with Crippen molar-refractivity contribution in [2.45, 2.75) is 45.6 Å². The Kier molecular flexibility index (Phi) is 16.8. The van der Waals surface area contributed by atoms with Crippen LogP contribution in [0.1, 0.15) is 40.0 Å². The van der Waals surface area contributed by atoms with Gasteiger partial charge >= 0.3 is 0 Å². The minimum atomic E-state index is -0.695. The molecule has 0 radical (unpaired) electrons. The van der Waals surface area contributed by atoms with E-state index in [-0.39, 0.29) is 24.0 Å². The summed E-state index contributed by atoms with van der Waals surface area (Å²) in [6, 6.07) is 0. The molecular weight excluding hydrogens is 407 g/mol. The fourth-order valence-corrected chi connectivity index (χ4v) is 2.00. The smallest absolute Gasteiger partial charge is 0.191 e. The van der Waals surface area contributed by atoms with Gasteiger partial charge in [-0.25, -0.2) is 0 Å². The van der Waals surface area contributed by atoms with Gasteiger partial charge in [0.1, 0.15) is 0 Å². The lowest BCUT2D eigenvalue weighted by Gasteiger charge is -2.24. The van der Waals surface area contributed by atoms with Crippen molar-refractivity contribution < 1.29 is 9.84 Å². The van der Waals surface area contributed by atoms with Gasteiger partial charge in [0.2, 0.25) is 0 Å². The van der Waals surface area contributed by atoms with Gasteiger partial charge in [-0.05, 0) is 33.2 Å². The molecule has 0 fully saturated rings. The Hall–Kier alpha value is -0.120. The molecule has 0 saturated heterocycles. The summed E-state index contributed by atoms with van der Waals surface area (Å²) >= 11 is 0. The lowest BCUT2D eigenvalue weighted by Crippen LogP contribution is -2.42. The summed E-state index contributed by atoms with van der Waals surface area (Å²) in [5.74, 6) is 0.771. The van der Waals surface area contributed by atoms with E-state index >= 15 is 0 Å². The molecule has 0 spiro atoms. The first-order valence-corrected chi connectivity index (χ1v) is 8.43. The van der Waals surface area contributed by atoms with E-state index in [1.807, 2.05) is 20.8 Å². The largest absolute Gasteiger partial charge is 0.388 e. The molecule has 0 atom stereocenters. The summed E-state index contributed by atoms with van der Waals surface area (Å²) in [7, 11) is 3.84.